The Morgan fingerprint density at radius 2 is 1.88 bits per heavy atom. The van der Waals surface area contributed by atoms with Gasteiger partial charge in [-0.15, -0.1) is 0 Å². The quantitative estimate of drug-likeness (QED) is 0.771. The molecule has 0 saturated carbocycles. The summed E-state index contributed by atoms with van der Waals surface area (Å²) in [4.78, 5) is 15.1. The SMILES string of the molecule is O=C([C@@H]1COc2ccccc2C1)N(Cc1ccccc1)Cc1ccn[nH]1. The number of ether oxygens (including phenoxy) is 1. The molecular formula is C21H21N3O2. The van der Waals surface area contributed by atoms with E-state index in [1.807, 2.05) is 65.6 Å². The van der Waals surface area contributed by atoms with Crippen molar-refractivity contribution in [3.63, 3.8) is 0 Å². The molecule has 1 aliphatic rings. The molecule has 1 N–H and O–H groups in total. The van der Waals surface area contributed by atoms with Crippen LogP contribution in [-0.4, -0.2) is 27.6 Å². The molecule has 3 aromatic rings. The molecule has 0 radical (unpaired) electrons. The van der Waals surface area contributed by atoms with Crippen LogP contribution in [0.1, 0.15) is 16.8 Å². The summed E-state index contributed by atoms with van der Waals surface area (Å²) in [6.45, 7) is 1.49. The van der Waals surface area contributed by atoms with E-state index in [1.165, 1.54) is 0 Å². The highest BCUT2D eigenvalue weighted by Gasteiger charge is 2.29. The lowest BCUT2D eigenvalue weighted by Crippen LogP contribution is -2.40. The lowest BCUT2D eigenvalue weighted by Gasteiger charge is -2.30. The third kappa shape index (κ3) is 3.61. The maximum Gasteiger partial charge on any atom is 0.230 e. The van der Waals surface area contributed by atoms with Crippen molar-refractivity contribution in [3.8, 4) is 5.75 Å². The van der Waals surface area contributed by atoms with Crippen LogP contribution >= 0.6 is 0 Å². The molecule has 2 aromatic carbocycles. The normalized spacial score (nSPS) is 15.8. The van der Waals surface area contributed by atoms with Crippen molar-refractivity contribution >= 4 is 5.91 Å². The van der Waals surface area contributed by atoms with Crippen molar-refractivity contribution in [1.82, 2.24) is 15.1 Å². The molecule has 0 bridgehead atoms. The van der Waals surface area contributed by atoms with Crippen LogP contribution in [0.25, 0.3) is 0 Å². The van der Waals surface area contributed by atoms with Crippen molar-refractivity contribution in [2.24, 2.45) is 5.92 Å². The van der Waals surface area contributed by atoms with Crippen molar-refractivity contribution in [1.29, 1.82) is 0 Å². The van der Waals surface area contributed by atoms with Crippen molar-refractivity contribution in [2.75, 3.05) is 6.61 Å². The summed E-state index contributed by atoms with van der Waals surface area (Å²) in [6, 6.07) is 19.9. The van der Waals surface area contributed by atoms with Gasteiger partial charge in [0.25, 0.3) is 0 Å². The van der Waals surface area contributed by atoms with E-state index < -0.39 is 0 Å². The van der Waals surface area contributed by atoms with E-state index in [2.05, 4.69) is 10.2 Å². The fourth-order valence-electron chi connectivity index (χ4n) is 3.34. The van der Waals surface area contributed by atoms with Crippen LogP contribution in [0, 0.1) is 5.92 Å². The van der Waals surface area contributed by atoms with Gasteiger partial charge in [0.15, 0.2) is 0 Å². The second kappa shape index (κ2) is 7.44. The number of carbonyl (C=O) groups excluding carboxylic acids is 1. The Labute approximate surface area is 152 Å². The van der Waals surface area contributed by atoms with Crippen LogP contribution in [0.15, 0.2) is 66.9 Å². The number of rotatable bonds is 5. The number of aromatic nitrogens is 2. The molecule has 132 valence electrons. The average molecular weight is 347 g/mol. The molecule has 26 heavy (non-hydrogen) atoms. The minimum atomic E-state index is -0.170. The molecule has 0 saturated heterocycles. The molecular weight excluding hydrogens is 326 g/mol. The van der Waals surface area contributed by atoms with Crippen LogP contribution in [0.3, 0.4) is 0 Å². The molecule has 0 fully saturated rings. The Bertz CT molecular complexity index is 862. The fourth-order valence-corrected chi connectivity index (χ4v) is 3.34. The summed E-state index contributed by atoms with van der Waals surface area (Å²) >= 11 is 0. The monoisotopic (exact) mass is 347 g/mol. The van der Waals surface area contributed by atoms with E-state index in [-0.39, 0.29) is 11.8 Å². The first-order chi connectivity index (χ1) is 12.8. The van der Waals surface area contributed by atoms with Crippen molar-refractivity contribution < 1.29 is 9.53 Å². The highest BCUT2D eigenvalue weighted by molar-refractivity contribution is 5.79. The van der Waals surface area contributed by atoms with Gasteiger partial charge in [-0.25, -0.2) is 0 Å². The highest BCUT2D eigenvalue weighted by Crippen LogP contribution is 2.28. The topological polar surface area (TPSA) is 58.2 Å². The maximum atomic E-state index is 13.3. The summed E-state index contributed by atoms with van der Waals surface area (Å²) in [7, 11) is 0. The molecule has 0 unspecified atom stereocenters. The Kier molecular flexibility index (Phi) is 4.69. The van der Waals surface area contributed by atoms with E-state index in [4.69, 9.17) is 4.74 Å². The molecule has 0 aliphatic carbocycles. The predicted molar refractivity (Wildman–Crippen MR) is 98.4 cm³/mol. The van der Waals surface area contributed by atoms with Gasteiger partial charge in [-0.2, -0.15) is 5.10 Å². The number of nitrogens with one attached hydrogen (secondary N) is 1. The lowest BCUT2D eigenvalue weighted by molar-refractivity contribution is -0.138. The molecule has 1 aliphatic heterocycles. The summed E-state index contributed by atoms with van der Waals surface area (Å²) in [6.07, 6.45) is 2.42. The highest BCUT2D eigenvalue weighted by atomic mass is 16.5. The number of benzene rings is 2. The molecule has 0 spiro atoms. The third-order valence-corrected chi connectivity index (χ3v) is 4.68. The Balaban J connectivity index is 1.54. The van der Waals surface area contributed by atoms with Crippen molar-refractivity contribution in [3.05, 3.63) is 83.7 Å². The van der Waals surface area contributed by atoms with Gasteiger partial charge in [-0.3, -0.25) is 9.89 Å². The number of para-hydroxylation sites is 1. The Morgan fingerprint density at radius 1 is 1.08 bits per heavy atom. The standard InChI is InChI=1S/C21H21N3O2/c25-21(18-12-17-8-4-5-9-20(17)26-15-18)24(14-19-10-11-22-23-19)13-16-6-2-1-3-7-16/h1-11,18H,12-15H2,(H,22,23)/t18-/m0/s1. The first-order valence-corrected chi connectivity index (χ1v) is 8.81. The van der Waals surface area contributed by atoms with Gasteiger partial charge in [-0.1, -0.05) is 48.5 Å². The molecule has 5 nitrogen and oxygen atoms in total. The van der Waals surface area contributed by atoms with Gasteiger partial charge in [0.2, 0.25) is 5.91 Å². The number of nitrogens with zero attached hydrogens (tertiary/aromatic N) is 2. The molecule has 1 atom stereocenters. The minimum absolute atomic E-state index is 0.109. The second-order valence-corrected chi connectivity index (χ2v) is 6.58. The molecule has 2 heterocycles. The van der Waals surface area contributed by atoms with E-state index in [1.54, 1.807) is 6.20 Å². The molecule has 4 rings (SSSR count). The first kappa shape index (κ1) is 16.4. The second-order valence-electron chi connectivity index (χ2n) is 6.58. The van der Waals surface area contributed by atoms with Gasteiger partial charge in [-0.05, 0) is 29.7 Å². The Hall–Kier alpha value is -3.08. The molecule has 1 aromatic heterocycles. The van der Waals surface area contributed by atoms with Crippen LogP contribution < -0.4 is 4.74 Å². The van der Waals surface area contributed by atoms with Crippen LogP contribution in [0.4, 0.5) is 0 Å². The van der Waals surface area contributed by atoms with Gasteiger partial charge < -0.3 is 9.64 Å². The fraction of sp³-hybridized carbons (Fsp3) is 0.238. The number of carbonyl (C=O) groups is 1. The van der Waals surface area contributed by atoms with Crippen LogP contribution in [-0.2, 0) is 24.3 Å². The first-order valence-electron chi connectivity index (χ1n) is 8.81. The van der Waals surface area contributed by atoms with Gasteiger partial charge in [0.1, 0.15) is 12.4 Å². The van der Waals surface area contributed by atoms with Crippen molar-refractivity contribution in [2.45, 2.75) is 19.5 Å². The number of hydrogen-bond donors (Lipinski definition) is 1. The zero-order valence-corrected chi connectivity index (χ0v) is 14.5. The maximum absolute atomic E-state index is 13.3. The summed E-state index contributed by atoms with van der Waals surface area (Å²) in [5.74, 6) is 0.828. The summed E-state index contributed by atoms with van der Waals surface area (Å²) in [5.41, 5.74) is 3.13. The predicted octanol–water partition coefficient (Wildman–Crippen LogP) is 3.19. The largest absolute Gasteiger partial charge is 0.492 e. The Morgan fingerprint density at radius 3 is 2.69 bits per heavy atom. The molecule has 5 heteroatoms. The van der Waals surface area contributed by atoms with Crippen LogP contribution in [0.2, 0.25) is 0 Å². The number of fused-ring (bicyclic) bond motifs is 1. The van der Waals surface area contributed by atoms with E-state index in [9.17, 15) is 4.79 Å². The van der Waals surface area contributed by atoms with E-state index in [0.717, 1.165) is 22.6 Å². The smallest absolute Gasteiger partial charge is 0.230 e. The summed E-state index contributed by atoms with van der Waals surface area (Å²) in [5, 5.41) is 6.95. The number of aromatic amines is 1. The van der Waals surface area contributed by atoms with E-state index >= 15 is 0 Å². The third-order valence-electron chi connectivity index (χ3n) is 4.68. The number of amides is 1. The zero-order valence-electron chi connectivity index (χ0n) is 14.5. The van der Waals surface area contributed by atoms with Crippen LogP contribution in [0.5, 0.6) is 5.75 Å². The minimum Gasteiger partial charge on any atom is -0.492 e. The number of H-pyrrole nitrogens is 1. The number of hydrogen-bond acceptors (Lipinski definition) is 3. The van der Waals surface area contributed by atoms with Gasteiger partial charge in [0, 0.05) is 12.7 Å². The summed E-state index contributed by atoms with van der Waals surface area (Å²) < 4.78 is 5.83. The average Bonchev–Trinajstić information content (AvgIpc) is 3.20. The zero-order chi connectivity index (χ0) is 17.8. The van der Waals surface area contributed by atoms with Gasteiger partial charge in [0.05, 0.1) is 18.2 Å². The molecule has 1 amide bonds. The van der Waals surface area contributed by atoms with Gasteiger partial charge >= 0.3 is 0 Å². The van der Waals surface area contributed by atoms with E-state index in [0.29, 0.717) is 26.1 Å². The lowest BCUT2D eigenvalue weighted by atomic mass is 9.95.